The Balaban J connectivity index is 1.75. The van der Waals surface area contributed by atoms with Crippen LogP contribution in [-0.4, -0.2) is 39.9 Å². The number of methoxy groups -OCH3 is 1. The fourth-order valence-electron chi connectivity index (χ4n) is 2.77. The molecule has 3 rings (SSSR count). The number of nitrogens with zero attached hydrogens (tertiary/aromatic N) is 1. The number of hydrogen-bond donors (Lipinski definition) is 1. The Morgan fingerprint density at radius 2 is 2.05 bits per heavy atom. The van der Waals surface area contributed by atoms with Crippen molar-refractivity contribution in [1.82, 2.24) is 5.32 Å². The van der Waals surface area contributed by atoms with Gasteiger partial charge in [-0.05, 0) is 30.9 Å². The van der Waals surface area contributed by atoms with Crippen molar-refractivity contribution < 1.29 is 9.47 Å². The first-order valence-corrected chi connectivity index (χ1v) is 7.63. The molecule has 110 valence electrons. The van der Waals surface area contributed by atoms with Crippen LogP contribution in [0, 0.1) is 5.92 Å². The Bertz CT molecular complexity index is 440. The summed E-state index contributed by atoms with van der Waals surface area (Å²) in [4.78, 5) is 2.38. The van der Waals surface area contributed by atoms with Gasteiger partial charge in [0, 0.05) is 32.2 Å². The minimum absolute atomic E-state index is 0.757. The maximum Gasteiger partial charge on any atom is 0.142 e. The van der Waals surface area contributed by atoms with E-state index in [0.717, 1.165) is 50.2 Å². The summed E-state index contributed by atoms with van der Waals surface area (Å²) >= 11 is 0. The van der Waals surface area contributed by atoms with Crippen molar-refractivity contribution in [3.05, 3.63) is 18.2 Å². The van der Waals surface area contributed by atoms with Gasteiger partial charge in [0.2, 0.25) is 0 Å². The molecule has 1 aliphatic heterocycles. The Labute approximate surface area is 121 Å². The predicted molar refractivity (Wildman–Crippen MR) is 80.9 cm³/mol. The standard InChI is InChI=1S/C16H24N2O2/c1-19-14-5-6-16(20-12-13-3-2-4-13)15(11-14)18-9-7-17-8-10-18/h5-6,11,13,17H,2-4,7-10,12H2,1H3. The first kappa shape index (κ1) is 13.6. The molecule has 20 heavy (non-hydrogen) atoms. The van der Waals surface area contributed by atoms with Crippen molar-refractivity contribution in [3.8, 4) is 11.5 Å². The van der Waals surface area contributed by atoms with E-state index in [4.69, 9.17) is 9.47 Å². The Morgan fingerprint density at radius 3 is 2.70 bits per heavy atom. The minimum atomic E-state index is 0.757. The van der Waals surface area contributed by atoms with Gasteiger partial charge in [0.1, 0.15) is 11.5 Å². The first-order valence-electron chi connectivity index (χ1n) is 7.63. The molecule has 2 fully saturated rings. The summed E-state index contributed by atoms with van der Waals surface area (Å²) in [7, 11) is 1.71. The van der Waals surface area contributed by atoms with Gasteiger partial charge in [-0.25, -0.2) is 0 Å². The Kier molecular flexibility index (Phi) is 4.31. The fourth-order valence-corrected chi connectivity index (χ4v) is 2.77. The van der Waals surface area contributed by atoms with E-state index in [9.17, 15) is 0 Å². The maximum atomic E-state index is 6.08. The lowest BCUT2D eigenvalue weighted by Crippen LogP contribution is -2.43. The molecule has 4 nitrogen and oxygen atoms in total. The van der Waals surface area contributed by atoms with E-state index in [2.05, 4.69) is 22.3 Å². The van der Waals surface area contributed by atoms with E-state index in [1.807, 2.05) is 6.07 Å². The molecule has 1 heterocycles. The van der Waals surface area contributed by atoms with Gasteiger partial charge in [0.25, 0.3) is 0 Å². The van der Waals surface area contributed by atoms with Crippen LogP contribution in [0.4, 0.5) is 5.69 Å². The van der Waals surface area contributed by atoms with Gasteiger partial charge in [-0.3, -0.25) is 0 Å². The third-order valence-electron chi connectivity index (χ3n) is 4.32. The zero-order valence-corrected chi connectivity index (χ0v) is 12.2. The van der Waals surface area contributed by atoms with Gasteiger partial charge < -0.3 is 19.7 Å². The summed E-state index contributed by atoms with van der Waals surface area (Å²) in [6.45, 7) is 4.95. The highest BCUT2D eigenvalue weighted by atomic mass is 16.5. The second kappa shape index (κ2) is 6.35. The lowest BCUT2D eigenvalue weighted by molar-refractivity contribution is 0.181. The number of rotatable bonds is 5. The van der Waals surface area contributed by atoms with Crippen molar-refractivity contribution in [3.63, 3.8) is 0 Å². The van der Waals surface area contributed by atoms with E-state index in [1.165, 1.54) is 24.9 Å². The summed E-state index contributed by atoms with van der Waals surface area (Å²) in [5.41, 5.74) is 1.17. The number of ether oxygens (including phenoxy) is 2. The molecule has 0 spiro atoms. The topological polar surface area (TPSA) is 33.7 Å². The second-order valence-electron chi connectivity index (χ2n) is 5.68. The Morgan fingerprint density at radius 1 is 1.25 bits per heavy atom. The van der Waals surface area contributed by atoms with Crippen LogP contribution in [0.2, 0.25) is 0 Å². The maximum absolute atomic E-state index is 6.08. The smallest absolute Gasteiger partial charge is 0.142 e. The molecule has 0 atom stereocenters. The van der Waals surface area contributed by atoms with Gasteiger partial charge in [0.15, 0.2) is 0 Å². The highest BCUT2D eigenvalue weighted by Crippen LogP contribution is 2.34. The molecule has 4 heteroatoms. The monoisotopic (exact) mass is 276 g/mol. The van der Waals surface area contributed by atoms with Crippen molar-refractivity contribution in [2.45, 2.75) is 19.3 Å². The molecule has 1 saturated heterocycles. The molecule has 0 amide bonds. The van der Waals surface area contributed by atoms with E-state index in [0.29, 0.717) is 0 Å². The van der Waals surface area contributed by atoms with Crippen molar-refractivity contribution in [1.29, 1.82) is 0 Å². The van der Waals surface area contributed by atoms with Crippen LogP contribution < -0.4 is 19.7 Å². The highest BCUT2D eigenvalue weighted by molar-refractivity contribution is 5.62. The number of hydrogen-bond acceptors (Lipinski definition) is 4. The summed E-state index contributed by atoms with van der Waals surface area (Å²) < 4.78 is 11.4. The minimum Gasteiger partial charge on any atom is -0.497 e. The summed E-state index contributed by atoms with van der Waals surface area (Å²) in [5.74, 6) is 2.65. The molecule has 1 aromatic carbocycles. The summed E-state index contributed by atoms with van der Waals surface area (Å²) in [6.07, 6.45) is 4.00. The van der Waals surface area contributed by atoms with E-state index >= 15 is 0 Å². The average molecular weight is 276 g/mol. The van der Waals surface area contributed by atoms with Crippen LogP contribution in [-0.2, 0) is 0 Å². The highest BCUT2D eigenvalue weighted by Gasteiger charge is 2.20. The van der Waals surface area contributed by atoms with Crippen LogP contribution in [0.1, 0.15) is 19.3 Å². The molecule has 1 aliphatic carbocycles. The van der Waals surface area contributed by atoms with E-state index in [1.54, 1.807) is 7.11 Å². The molecule has 0 unspecified atom stereocenters. The molecule has 1 aromatic rings. The van der Waals surface area contributed by atoms with Gasteiger partial charge in [-0.2, -0.15) is 0 Å². The van der Waals surface area contributed by atoms with Gasteiger partial charge in [-0.15, -0.1) is 0 Å². The zero-order chi connectivity index (χ0) is 13.8. The Hall–Kier alpha value is -1.42. The van der Waals surface area contributed by atoms with Gasteiger partial charge >= 0.3 is 0 Å². The normalized spacial score (nSPS) is 19.6. The van der Waals surface area contributed by atoms with E-state index < -0.39 is 0 Å². The van der Waals surface area contributed by atoms with Gasteiger partial charge in [0.05, 0.1) is 19.4 Å². The molecule has 1 saturated carbocycles. The SMILES string of the molecule is COc1ccc(OCC2CCC2)c(N2CCNCC2)c1. The van der Waals surface area contributed by atoms with E-state index in [-0.39, 0.29) is 0 Å². The number of anilines is 1. The van der Waals surface area contributed by atoms with Crippen LogP contribution in [0.3, 0.4) is 0 Å². The predicted octanol–water partition coefficient (Wildman–Crippen LogP) is 2.28. The largest absolute Gasteiger partial charge is 0.497 e. The molecule has 0 aromatic heterocycles. The third kappa shape index (κ3) is 3.01. The molecular weight excluding hydrogens is 252 g/mol. The van der Waals surface area contributed by atoms with Crippen LogP contribution in [0.5, 0.6) is 11.5 Å². The lowest BCUT2D eigenvalue weighted by atomic mass is 9.86. The fraction of sp³-hybridized carbons (Fsp3) is 0.625. The molecule has 2 aliphatic rings. The van der Waals surface area contributed by atoms with Gasteiger partial charge in [-0.1, -0.05) is 6.42 Å². The van der Waals surface area contributed by atoms with Crippen molar-refractivity contribution in [2.24, 2.45) is 5.92 Å². The second-order valence-corrected chi connectivity index (χ2v) is 5.68. The van der Waals surface area contributed by atoms with Crippen molar-refractivity contribution in [2.75, 3.05) is 44.8 Å². The van der Waals surface area contributed by atoms with Crippen LogP contribution in [0.25, 0.3) is 0 Å². The molecular formula is C16H24N2O2. The number of benzene rings is 1. The molecule has 0 bridgehead atoms. The van der Waals surface area contributed by atoms with Crippen LogP contribution in [0.15, 0.2) is 18.2 Å². The quantitative estimate of drug-likeness (QED) is 0.894. The summed E-state index contributed by atoms with van der Waals surface area (Å²) in [5, 5.41) is 3.39. The molecule has 0 radical (unpaired) electrons. The number of piperazine rings is 1. The van der Waals surface area contributed by atoms with Crippen molar-refractivity contribution >= 4 is 5.69 Å². The zero-order valence-electron chi connectivity index (χ0n) is 12.2. The molecule has 1 N–H and O–H groups in total. The van der Waals surface area contributed by atoms with Crippen LogP contribution >= 0.6 is 0 Å². The number of nitrogens with one attached hydrogen (secondary N) is 1. The lowest BCUT2D eigenvalue weighted by Gasteiger charge is -2.32. The first-order chi connectivity index (χ1) is 9.86. The summed E-state index contributed by atoms with van der Waals surface area (Å²) in [6, 6.07) is 6.14. The average Bonchev–Trinajstić information content (AvgIpc) is 2.47. The third-order valence-corrected chi connectivity index (χ3v) is 4.32.